The lowest BCUT2D eigenvalue weighted by molar-refractivity contribution is 0.102. The second-order valence-electron chi connectivity index (χ2n) is 6.77. The number of nitrogen functional groups attached to an aromatic ring is 1. The third kappa shape index (κ3) is 4.95. The molecule has 1 heterocycles. The minimum Gasteiger partial charge on any atom is -0.334 e. The summed E-state index contributed by atoms with van der Waals surface area (Å²) in [4.78, 5) is 12.3. The van der Waals surface area contributed by atoms with Gasteiger partial charge in [0.05, 0.1) is 11.5 Å². The molecule has 31 heavy (non-hydrogen) atoms. The summed E-state index contributed by atoms with van der Waals surface area (Å²) in [5, 5.41) is 15.2. The molecular formula is C22H19BrN6OS. The third-order valence-corrected chi connectivity index (χ3v) is 6.13. The Labute approximate surface area is 191 Å². The summed E-state index contributed by atoms with van der Waals surface area (Å²) in [7, 11) is 0. The van der Waals surface area contributed by atoms with Crippen LogP contribution in [0.1, 0.15) is 22.8 Å². The summed E-state index contributed by atoms with van der Waals surface area (Å²) in [6.07, 6.45) is 0. The quantitative estimate of drug-likeness (QED) is 0.127. The number of hydrogen-bond acceptors (Lipinski definition) is 7. The van der Waals surface area contributed by atoms with Gasteiger partial charge in [0, 0.05) is 10.0 Å². The van der Waals surface area contributed by atoms with Gasteiger partial charge in [0.1, 0.15) is 0 Å². The Morgan fingerprint density at radius 1 is 1.06 bits per heavy atom. The molecule has 0 atom stereocenters. The van der Waals surface area contributed by atoms with Crippen molar-refractivity contribution in [1.82, 2.24) is 14.9 Å². The van der Waals surface area contributed by atoms with Gasteiger partial charge in [-0.25, -0.2) is 10.1 Å². The molecule has 3 N–H and O–H groups in total. The number of halogens is 1. The van der Waals surface area contributed by atoms with Crippen molar-refractivity contribution in [2.45, 2.75) is 12.1 Å². The van der Waals surface area contributed by atoms with Gasteiger partial charge in [0.15, 0.2) is 5.78 Å². The van der Waals surface area contributed by atoms with E-state index in [9.17, 15) is 4.79 Å². The lowest BCUT2D eigenvalue weighted by atomic mass is 10.0. The molecular weight excluding hydrogens is 476 g/mol. The summed E-state index contributed by atoms with van der Waals surface area (Å²) in [6.45, 7) is 1.90. The van der Waals surface area contributed by atoms with Gasteiger partial charge in [-0.05, 0) is 41.5 Å². The van der Waals surface area contributed by atoms with Gasteiger partial charge in [0.25, 0.3) is 5.95 Å². The van der Waals surface area contributed by atoms with Crippen LogP contribution in [0.3, 0.4) is 0 Å². The van der Waals surface area contributed by atoms with E-state index in [1.54, 1.807) is 12.1 Å². The van der Waals surface area contributed by atoms with Crippen molar-refractivity contribution in [2.24, 2.45) is 5.10 Å². The summed E-state index contributed by atoms with van der Waals surface area (Å²) in [6, 6.07) is 21.5. The molecule has 0 aliphatic rings. The zero-order valence-electron chi connectivity index (χ0n) is 16.6. The Bertz CT molecular complexity index is 1270. The van der Waals surface area contributed by atoms with Gasteiger partial charge in [-0.15, -0.1) is 10.2 Å². The number of hydrazone groups is 1. The normalized spacial score (nSPS) is 11.6. The molecule has 0 unspecified atom stereocenters. The van der Waals surface area contributed by atoms with Crippen molar-refractivity contribution in [3.63, 3.8) is 0 Å². The van der Waals surface area contributed by atoms with Crippen molar-refractivity contribution >= 4 is 55.9 Å². The first kappa shape index (κ1) is 21.1. The number of hydrogen-bond donors (Lipinski definition) is 2. The maximum Gasteiger partial charge on any atom is 0.264 e. The highest BCUT2D eigenvalue weighted by Gasteiger charge is 2.13. The zero-order valence-corrected chi connectivity index (χ0v) is 19.0. The van der Waals surface area contributed by atoms with E-state index in [-0.39, 0.29) is 11.5 Å². The Balaban J connectivity index is 1.41. The van der Waals surface area contributed by atoms with E-state index in [1.807, 2.05) is 37.3 Å². The third-order valence-electron chi connectivity index (χ3n) is 4.65. The molecule has 4 aromatic rings. The molecule has 7 nitrogen and oxygen atoms in total. The van der Waals surface area contributed by atoms with E-state index in [0.717, 1.165) is 21.1 Å². The lowest BCUT2D eigenvalue weighted by Crippen LogP contribution is -2.14. The Morgan fingerprint density at radius 3 is 2.55 bits per heavy atom. The predicted octanol–water partition coefficient (Wildman–Crippen LogP) is 4.72. The van der Waals surface area contributed by atoms with E-state index < -0.39 is 0 Å². The van der Waals surface area contributed by atoms with Crippen LogP contribution in [-0.4, -0.2) is 32.1 Å². The summed E-state index contributed by atoms with van der Waals surface area (Å²) in [5.74, 6) is 6.55. The number of rotatable bonds is 7. The van der Waals surface area contributed by atoms with Crippen molar-refractivity contribution in [3.8, 4) is 0 Å². The van der Waals surface area contributed by atoms with Gasteiger partial charge in [0.2, 0.25) is 5.16 Å². The molecule has 0 saturated carbocycles. The molecule has 0 aliphatic heterocycles. The fourth-order valence-electron chi connectivity index (χ4n) is 2.91. The number of ketones is 1. The number of aromatic nitrogens is 3. The van der Waals surface area contributed by atoms with Crippen LogP contribution in [0.15, 0.2) is 81.5 Å². The van der Waals surface area contributed by atoms with Crippen molar-refractivity contribution < 1.29 is 4.79 Å². The number of carbonyl (C=O) groups is 1. The van der Waals surface area contributed by atoms with Gasteiger partial charge in [-0.2, -0.15) is 5.10 Å². The molecule has 0 spiro atoms. The number of nitrogens with two attached hydrogens (primary N) is 1. The number of anilines is 1. The van der Waals surface area contributed by atoms with Crippen LogP contribution in [0.4, 0.5) is 5.95 Å². The maximum atomic E-state index is 12.3. The molecule has 0 saturated heterocycles. The van der Waals surface area contributed by atoms with Gasteiger partial charge < -0.3 is 5.84 Å². The fraction of sp³-hybridized carbons (Fsp3) is 0.0909. The Hall–Kier alpha value is -3.17. The molecule has 9 heteroatoms. The van der Waals surface area contributed by atoms with E-state index in [1.165, 1.54) is 21.8 Å². The van der Waals surface area contributed by atoms with Gasteiger partial charge in [-0.3, -0.25) is 4.79 Å². The number of fused-ring (bicyclic) bond motifs is 1. The van der Waals surface area contributed by atoms with E-state index in [4.69, 9.17) is 5.84 Å². The SMILES string of the molecule is C/C(=N\Nc1nnc(SCC(=O)c2ccc(Br)cc2)n1N)c1ccc2ccccc2c1. The average Bonchev–Trinajstić information content (AvgIpc) is 3.15. The predicted molar refractivity (Wildman–Crippen MR) is 129 cm³/mol. The zero-order chi connectivity index (χ0) is 21.8. The highest BCUT2D eigenvalue weighted by atomic mass is 79.9. The van der Waals surface area contributed by atoms with Gasteiger partial charge in [-0.1, -0.05) is 76.2 Å². The highest BCUT2D eigenvalue weighted by Crippen LogP contribution is 2.20. The van der Waals surface area contributed by atoms with Crippen LogP contribution in [-0.2, 0) is 0 Å². The largest absolute Gasteiger partial charge is 0.334 e. The molecule has 0 bridgehead atoms. The lowest BCUT2D eigenvalue weighted by Gasteiger charge is -2.05. The standard InChI is InChI=1S/C22H19BrN6OS/c1-14(17-7-6-15-4-2-3-5-18(15)12-17)25-26-21-27-28-22(29(21)24)31-13-20(30)16-8-10-19(23)11-9-16/h2-12H,13,24H2,1H3,(H,26,27)/b25-14+. The van der Waals surface area contributed by atoms with Gasteiger partial charge >= 0.3 is 0 Å². The monoisotopic (exact) mass is 494 g/mol. The highest BCUT2D eigenvalue weighted by molar-refractivity contribution is 9.10. The van der Waals surface area contributed by atoms with Crippen molar-refractivity contribution in [3.05, 3.63) is 82.3 Å². The van der Waals surface area contributed by atoms with Crippen LogP contribution >= 0.6 is 27.7 Å². The number of thioether (sulfide) groups is 1. The maximum absolute atomic E-state index is 12.3. The van der Waals surface area contributed by atoms with Crippen LogP contribution in [0.2, 0.25) is 0 Å². The molecule has 4 rings (SSSR count). The van der Waals surface area contributed by atoms with E-state index in [2.05, 4.69) is 60.9 Å². The molecule has 0 fully saturated rings. The molecule has 1 aromatic heterocycles. The molecule has 3 aromatic carbocycles. The molecule has 156 valence electrons. The first-order valence-electron chi connectivity index (χ1n) is 9.43. The number of nitrogens with zero attached hydrogens (tertiary/aromatic N) is 4. The summed E-state index contributed by atoms with van der Waals surface area (Å²) < 4.78 is 2.21. The first-order valence-corrected chi connectivity index (χ1v) is 11.2. The number of Topliss-reactive ketones (excluding diaryl/α,β-unsaturated/α-hetero) is 1. The van der Waals surface area contributed by atoms with Crippen molar-refractivity contribution in [1.29, 1.82) is 0 Å². The van der Waals surface area contributed by atoms with E-state index in [0.29, 0.717) is 16.7 Å². The number of carbonyl (C=O) groups excluding carboxylic acids is 1. The Morgan fingerprint density at radius 2 is 1.77 bits per heavy atom. The smallest absolute Gasteiger partial charge is 0.264 e. The summed E-state index contributed by atoms with van der Waals surface area (Å²) >= 11 is 4.58. The summed E-state index contributed by atoms with van der Waals surface area (Å²) in [5.41, 5.74) is 5.26. The minimum absolute atomic E-state index is 0.0137. The van der Waals surface area contributed by atoms with Crippen LogP contribution < -0.4 is 11.3 Å². The molecule has 0 radical (unpaired) electrons. The second kappa shape index (κ2) is 9.32. The number of benzene rings is 3. The van der Waals surface area contributed by atoms with Crippen LogP contribution in [0.25, 0.3) is 10.8 Å². The average molecular weight is 495 g/mol. The molecule has 0 amide bonds. The fourth-order valence-corrected chi connectivity index (χ4v) is 3.93. The second-order valence-corrected chi connectivity index (χ2v) is 8.62. The van der Waals surface area contributed by atoms with E-state index >= 15 is 0 Å². The topological polar surface area (TPSA) is 98.2 Å². The van der Waals surface area contributed by atoms with Crippen LogP contribution in [0.5, 0.6) is 0 Å². The van der Waals surface area contributed by atoms with Crippen LogP contribution in [0, 0.1) is 0 Å². The molecule has 0 aliphatic carbocycles. The number of nitrogens with one attached hydrogen (secondary N) is 1. The first-order chi connectivity index (χ1) is 15.0. The van der Waals surface area contributed by atoms with Crippen molar-refractivity contribution in [2.75, 3.05) is 17.0 Å². The Kier molecular flexibility index (Phi) is 6.34. The minimum atomic E-state index is -0.0137.